The number of epoxide rings is 1. The molecule has 1 heterocycles. The third kappa shape index (κ3) is 8.23. The minimum Gasteiger partial charge on any atom is -0.464 e. The van der Waals surface area contributed by atoms with Crippen molar-refractivity contribution in [2.75, 3.05) is 18.6 Å². The van der Waals surface area contributed by atoms with E-state index in [-0.39, 0.29) is 12.4 Å². The van der Waals surface area contributed by atoms with E-state index in [1.165, 1.54) is 12.8 Å². The van der Waals surface area contributed by atoms with Crippen molar-refractivity contribution in [1.29, 1.82) is 0 Å². The first-order valence-electron chi connectivity index (χ1n) is 9.19. The smallest absolute Gasteiger partial charge is 0.338 e. The highest BCUT2D eigenvalue weighted by Gasteiger charge is 2.52. The molecule has 0 aromatic carbocycles. The lowest BCUT2D eigenvalue weighted by atomic mass is 10.0. The van der Waals surface area contributed by atoms with Crippen LogP contribution in [0.3, 0.4) is 0 Å². The van der Waals surface area contributed by atoms with Gasteiger partial charge in [0.25, 0.3) is 5.91 Å². The predicted octanol–water partition coefficient (Wildman–Crippen LogP) is 2.48. The summed E-state index contributed by atoms with van der Waals surface area (Å²) in [6, 6.07) is -0.502. The number of ketones is 1. The van der Waals surface area contributed by atoms with E-state index in [0.717, 1.165) is 25.0 Å². The van der Waals surface area contributed by atoms with Crippen LogP contribution in [-0.2, 0) is 23.9 Å². The molecule has 0 bridgehead atoms. The second-order valence-corrected chi connectivity index (χ2v) is 7.19. The zero-order valence-electron chi connectivity index (χ0n) is 15.5. The van der Waals surface area contributed by atoms with Crippen LogP contribution in [0.15, 0.2) is 0 Å². The summed E-state index contributed by atoms with van der Waals surface area (Å²) in [6.45, 7) is 4.11. The Morgan fingerprint density at radius 3 is 2.48 bits per heavy atom. The summed E-state index contributed by atoms with van der Waals surface area (Å²) in [5.41, 5.74) is 0. The van der Waals surface area contributed by atoms with Crippen LogP contribution in [0.25, 0.3) is 0 Å². The van der Waals surface area contributed by atoms with E-state index in [9.17, 15) is 14.4 Å². The van der Waals surface area contributed by atoms with E-state index < -0.39 is 30.1 Å². The number of nitrogens with one attached hydrogen (secondary N) is 1. The molecule has 1 aliphatic heterocycles. The van der Waals surface area contributed by atoms with Gasteiger partial charge in [0.2, 0.25) is 0 Å². The minimum atomic E-state index is -0.828. The average molecular weight is 374 g/mol. The highest BCUT2D eigenvalue weighted by atomic mass is 32.2. The van der Waals surface area contributed by atoms with E-state index in [1.54, 1.807) is 18.7 Å². The maximum Gasteiger partial charge on any atom is 0.338 e. The molecule has 0 aromatic heterocycles. The third-order valence-electron chi connectivity index (χ3n) is 4.11. The van der Waals surface area contributed by atoms with Gasteiger partial charge in [-0.2, -0.15) is 11.8 Å². The van der Waals surface area contributed by atoms with Crippen LogP contribution in [0.1, 0.15) is 58.8 Å². The lowest BCUT2D eigenvalue weighted by Gasteiger charge is -2.17. The Labute approximate surface area is 154 Å². The molecule has 1 saturated heterocycles. The van der Waals surface area contributed by atoms with Crippen molar-refractivity contribution >= 4 is 29.4 Å². The quantitative estimate of drug-likeness (QED) is 0.286. The minimum absolute atomic E-state index is 0.0623. The zero-order chi connectivity index (χ0) is 18.7. The van der Waals surface area contributed by atoms with Crippen molar-refractivity contribution < 1.29 is 23.9 Å². The molecule has 0 unspecified atom stereocenters. The zero-order valence-corrected chi connectivity index (χ0v) is 16.4. The molecule has 0 aliphatic carbocycles. The summed E-state index contributed by atoms with van der Waals surface area (Å²) in [5, 5.41) is 2.76. The number of esters is 1. The van der Waals surface area contributed by atoms with Crippen molar-refractivity contribution in [1.82, 2.24) is 5.32 Å². The van der Waals surface area contributed by atoms with E-state index in [0.29, 0.717) is 12.8 Å². The predicted molar refractivity (Wildman–Crippen MR) is 98.6 cm³/mol. The lowest BCUT2D eigenvalue weighted by Crippen LogP contribution is -2.44. The Kier molecular flexibility index (Phi) is 10.8. The molecular weight excluding hydrogens is 342 g/mol. The largest absolute Gasteiger partial charge is 0.464 e. The summed E-state index contributed by atoms with van der Waals surface area (Å²) >= 11 is 1.64. The standard InChI is InChI=1S/C18H31NO5S/c1-4-6-7-8-9-10-14(20)13(11-12-25-3)19-17(21)15-16(24-15)18(22)23-5-2/h13,15-16H,4-12H2,1-3H3,(H,19,21)/t13-,15-,16-/m0/s1. The molecule has 1 aliphatic rings. The first-order chi connectivity index (χ1) is 12.0. The highest BCUT2D eigenvalue weighted by molar-refractivity contribution is 7.98. The molecule has 144 valence electrons. The second kappa shape index (κ2) is 12.3. The van der Waals surface area contributed by atoms with Gasteiger partial charge in [0.1, 0.15) is 0 Å². The van der Waals surface area contributed by atoms with Crippen molar-refractivity contribution in [2.24, 2.45) is 0 Å². The Balaban J connectivity index is 2.42. The van der Waals surface area contributed by atoms with Crippen LogP contribution >= 0.6 is 11.8 Å². The fourth-order valence-electron chi connectivity index (χ4n) is 2.60. The lowest BCUT2D eigenvalue weighted by molar-refractivity contribution is -0.144. The molecule has 1 amide bonds. The molecule has 7 heteroatoms. The van der Waals surface area contributed by atoms with E-state index in [2.05, 4.69) is 12.2 Å². The van der Waals surface area contributed by atoms with Gasteiger partial charge in [-0.15, -0.1) is 0 Å². The summed E-state index contributed by atoms with van der Waals surface area (Å²) in [6.07, 6.45) is 6.79. The van der Waals surface area contributed by atoms with Gasteiger partial charge in [0.15, 0.2) is 18.0 Å². The number of amides is 1. The first kappa shape index (κ1) is 22.0. The maximum atomic E-state index is 12.4. The number of hydrogen-bond donors (Lipinski definition) is 1. The fraction of sp³-hybridized carbons (Fsp3) is 0.833. The Bertz CT molecular complexity index is 443. The topological polar surface area (TPSA) is 85.0 Å². The van der Waals surface area contributed by atoms with Crippen LogP contribution in [0, 0.1) is 0 Å². The van der Waals surface area contributed by atoms with E-state index >= 15 is 0 Å². The van der Waals surface area contributed by atoms with Gasteiger partial charge < -0.3 is 14.8 Å². The SMILES string of the molecule is CCCCCCCC(=O)[C@H](CCSC)NC(=O)[C@H]1O[C@@H]1C(=O)OCC. The van der Waals surface area contributed by atoms with Crippen molar-refractivity contribution in [3.63, 3.8) is 0 Å². The number of thioether (sulfide) groups is 1. The molecule has 0 spiro atoms. The second-order valence-electron chi connectivity index (χ2n) is 6.20. The maximum absolute atomic E-state index is 12.4. The number of carbonyl (C=O) groups is 3. The monoisotopic (exact) mass is 373 g/mol. The van der Waals surface area contributed by atoms with Gasteiger partial charge in [-0.1, -0.05) is 32.6 Å². The molecule has 1 fully saturated rings. The summed E-state index contributed by atoms with van der Waals surface area (Å²) < 4.78 is 9.94. The van der Waals surface area contributed by atoms with Crippen LogP contribution in [-0.4, -0.2) is 54.5 Å². The van der Waals surface area contributed by atoms with Crippen molar-refractivity contribution in [3.05, 3.63) is 0 Å². The normalized spacial score (nSPS) is 20.0. The van der Waals surface area contributed by atoms with E-state index in [4.69, 9.17) is 9.47 Å². The first-order valence-corrected chi connectivity index (χ1v) is 10.6. The molecule has 0 saturated carbocycles. The van der Waals surface area contributed by atoms with Gasteiger partial charge in [-0.3, -0.25) is 9.59 Å². The van der Waals surface area contributed by atoms with Crippen LogP contribution in [0.4, 0.5) is 0 Å². The molecule has 6 nitrogen and oxygen atoms in total. The fourth-order valence-corrected chi connectivity index (χ4v) is 3.07. The number of Topliss-reactive ketones (excluding diaryl/α,β-unsaturated/α-hetero) is 1. The van der Waals surface area contributed by atoms with Crippen LogP contribution in [0.2, 0.25) is 0 Å². The van der Waals surface area contributed by atoms with E-state index in [1.807, 2.05) is 6.26 Å². The van der Waals surface area contributed by atoms with Gasteiger partial charge in [-0.25, -0.2) is 4.79 Å². The summed E-state index contributed by atoms with van der Waals surface area (Å²) in [4.78, 5) is 36.2. The Morgan fingerprint density at radius 2 is 1.84 bits per heavy atom. The number of unbranched alkanes of at least 4 members (excludes halogenated alkanes) is 4. The number of carbonyl (C=O) groups excluding carboxylic acids is 3. The van der Waals surface area contributed by atoms with Crippen molar-refractivity contribution in [2.45, 2.75) is 77.0 Å². The number of rotatable bonds is 14. The Morgan fingerprint density at radius 1 is 1.12 bits per heavy atom. The molecule has 1 N–H and O–H groups in total. The Hall–Kier alpha value is -1.08. The summed E-state index contributed by atoms with van der Waals surface area (Å²) in [7, 11) is 0. The summed E-state index contributed by atoms with van der Waals surface area (Å²) in [5.74, 6) is -0.0689. The molecule has 0 aromatic rings. The number of ether oxygens (including phenoxy) is 2. The molecule has 3 atom stereocenters. The molecule has 0 radical (unpaired) electrons. The highest BCUT2D eigenvalue weighted by Crippen LogP contribution is 2.24. The molecular formula is C18H31NO5S. The van der Waals surface area contributed by atoms with Gasteiger partial charge in [0.05, 0.1) is 12.6 Å². The van der Waals surface area contributed by atoms with Crippen LogP contribution in [0.5, 0.6) is 0 Å². The third-order valence-corrected chi connectivity index (χ3v) is 4.76. The van der Waals surface area contributed by atoms with Gasteiger partial charge in [0, 0.05) is 6.42 Å². The average Bonchev–Trinajstić information content (AvgIpc) is 3.39. The molecule has 1 rings (SSSR count). The molecule has 25 heavy (non-hydrogen) atoms. The van der Waals surface area contributed by atoms with Gasteiger partial charge >= 0.3 is 5.97 Å². The van der Waals surface area contributed by atoms with Gasteiger partial charge in [-0.05, 0) is 31.8 Å². The van der Waals surface area contributed by atoms with Crippen LogP contribution < -0.4 is 5.32 Å². The van der Waals surface area contributed by atoms with Crippen molar-refractivity contribution in [3.8, 4) is 0 Å². The number of hydrogen-bond acceptors (Lipinski definition) is 6.